The summed E-state index contributed by atoms with van der Waals surface area (Å²) in [5.41, 5.74) is 1.27. The molecule has 1 fully saturated rings. The Morgan fingerprint density at radius 3 is 2.88 bits per heavy atom. The van der Waals surface area contributed by atoms with Crippen molar-refractivity contribution in [3.05, 3.63) is 21.9 Å². The van der Waals surface area contributed by atoms with Crippen molar-refractivity contribution < 1.29 is 9.53 Å². The van der Waals surface area contributed by atoms with Crippen LogP contribution >= 0.6 is 23.1 Å². The normalized spacial score (nSPS) is 24.6. The Balaban J connectivity index is 2.20. The number of rotatable bonds is 4. The van der Waals surface area contributed by atoms with E-state index in [0.29, 0.717) is 13.2 Å². The van der Waals surface area contributed by atoms with Gasteiger partial charge in [0.05, 0.1) is 11.9 Å². The molecule has 3 nitrogen and oxygen atoms in total. The van der Waals surface area contributed by atoms with Crippen LogP contribution in [-0.2, 0) is 9.53 Å². The van der Waals surface area contributed by atoms with Crippen LogP contribution in [0.2, 0.25) is 0 Å². The summed E-state index contributed by atoms with van der Waals surface area (Å²) in [5, 5.41) is 2.32. The predicted octanol–water partition coefficient (Wildman–Crippen LogP) is 2.67. The van der Waals surface area contributed by atoms with Gasteiger partial charge in [-0.1, -0.05) is 0 Å². The first-order valence-electron chi connectivity index (χ1n) is 5.64. The molecule has 1 aliphatic heterocycles. The van der Waals surface area contributed by atoms with E-state index >= 15 is 0 Å². The summed E-state index contributed by atoms with van der Waals surface area (Å²) in [7, 11) is 1.67. The Morgan fingerprint density at radius 1 is 1.53 bits per heavy atom. The number of amides is 1. The van der Waals surface area contributed by atoms with Crippen LogP contribution in [0.15, 0.2) is 11.4 Å². The van der Waals surface area contributed by atoms with Crippen LogP contribution in [0.1, 0.15) is 22.7 Å². The maximum atomic E-state index is 12.1. The second-order valence-electron chi connectivity index (χ2n) is 4.12. The van der Waals surface area contributed by atoms with E-state index in [4.69, 9.17) is 4.74 Å². The van der Waals surface area contributed by atoms with Gasteiger partial charge in [-0.25, -0.2) is 0 Å². The van der Waals surface area contributed by atoms with E-state index in [-0.39, 0.29) is 16.5 Å². The molecule has 0 radical (unpaired) electrons. The van der Waals surface area contributed by atoms with E-state index < -0.39 is 0 Å². The van der Waals surface area contributed by atoms with E-state index in [2.05, 4.69) is 18.4 Å². The Hall–Kier alpha value is -0.520. The van der Waals surface area contributed by atoms with Gasteiger partial charge in [0.25, 0.3) is 0 Å². The molecule has 0 aromatic carbocycles. The largest absolute Gasteiger partial charge is 0.383 e. The molecule has 1 amide bonds. The fourth-order valence-electron chi connectivity index (χ4n) is 1.93. The molecule has 2 heterocycles. The lowest BCUT2D eigenvalue weighted by atomic mass is 10.2. The topological polar surface area (TPSA) is 29.5 Å². The summed E-state index contributed by atoms with van der Waals surface area (Å²) < 4.78 is 5.08. The number of nitrogens with zero attached hydrogens (tertiary/aromatic N) is 1. The number of ether oxygens (including phenoxy) is 1. The van der Waals surface area contributed by atoms with Gasteiger partial charge in [0.2, 0.25) is 5.91 Å². The van der Waals surface area contributed by atoms with Gasteiger partial charge in [0.15, 0.2) is 0 Å². The standard InChI is InChI=1S/C12H17NO2S2/c1-8-4-7-16-10(8)12-13(5-6-15-3)11(14)9(2)17-12/h4,7,9,12H,5-6H2,1-3H3. The first kappa shape index (κ1) is 12.9. The minimum atomic E-state index is 0.0540. The molecule has 2 unspecified atom stereocenters. The van der Waals surface area contributed by atoms with Gasteiger partial charge in [-0.2, -0.15) is 0 Å². The molecule has 1 saturated heterocycles. The molecular formula is C12H17NO2S2. The maximum absolute atomic E-state index is 12.1. The lowest BCUT2D eigenvalue weighted by Gasteiger charge is -2.23. The highest BCUT2D eigenvalue weighted by atomic mass is 32.2. The maximum Gasteiger partial charge on any atom is 0.236 e. The molecule has 1 aromatic rings. The summed E-state index contributed by atoms with van der Waals surface area (Å²) in [6, 6.07) is 2.11. The van der Waals surface area contributed by atoms with E-state index in [1.54, 1.807) is 30.2 Å². The van der Waals surface area contributed by atoms with E-state index in [1.807, 2.05) is 11.8 Å². The van der Waals surface area contributed by atoms with E-state index in [1.165, 1.54) is 10.4 Å². The molecule has 2 atom stereocenters. The Kier molecular flexibility index (Phi) is 4.12. The van der Waals surface area contributed by atoms with Gasteiger partial charge < -0.3 is 9.64 Å². The predicted molar refractivity (Wildman–Crippen MR) is 72.4 cm³/mol. The van der Waals surface area contributed by atoms with Crippen molar-refractivity contribution in [3.63, 3.8) is 0 Å². The van der Waals surface area contributed by atoms with Crippen molar-refractivity contribution in [2.24, 2.45) is 0 Å². The average Bonchev–Trinajstić information content (AvgIpc) is 2.83. The van der Waals surface area contributed by atoms with Crippen LogP contribution in [0.5, 0.6) is 0 Å². The van der Waals surface area contributed by atoms with Crippen molar-refractivity contribution in [3.8, 4) is 0 Å². The molecule has 0 bridgehead atoms. The fraction of sp³-hybridized carbons (Fsp3) is 0.583. The van der Waals surface area contributed by atoms with Gasteiger partial charge in [-0.05, 0) is 30.9 Å². The van der Waals surface area contributed by atoms with Gasteiger partial charge >= 0.3 is 0 Å². The number of thiophene rings is 1. The van der Waals surface area contributed by atoms with Crippen LogP contribution in [0, 0.1) is 6.92 Å². The number of aryl methyl sites for hydroxylation is 1. The van der Waals surface area contributed by atoms with Crippen molar-refractivity contribution in [1.29, 1.82) is 0 Å². The molecule has 1 aromatic heterocycles. The van der Waals surface area contributed by atoms with Crippen molar-refractivity contribution >= 4 is 29.0 Å². The van der Waals surface area contributed by atoms with Crippen LogP contribution in [0.4, 0.5) is 0 Å². The fourth-order valence-corrected chi connectivity index (χ4v) is 4.49. The van der Waals surface area contributed by atoms with E-state index in [9.17, 15) is 4.79 Å². The number of methoxy groups -OCH3 is 1. The molecular weight excluding hydrogens is 254 g/mol. The van der Waals surface area contributed by atoms with E-state index in [0.717, 1.165) is 0 Å². The zero-order valence-corrected chi connectivity index (χ0v) is 11.9. The van der Waals surface area contributed by atoms with Crippen molar-refractivity contribution in [2.45, 2.75) is 24.5 Å². The second-order valence-corrected chi connectivity index (χ2v) is 6.50. The number of carbonyl (C=O) groups is 1. The van der Waals surface area contributed by atoms with Crippen LogP contribution < -0.4 is 0 Å². The molecule has 1 aliphatic rings. The van der Waals surface area contributed by atoms with Gasteiger partial charge in [0, 0.05) is 18.5 Å². The minimum absolute atomic E-state index is 0.0540. The number of hydrogen-bond acceptors (Lipinski definition) is 4. The first-order chi connectivity index (χ1) is 8.15. The quantitative estimate of drug-likeness (QED) is 0.843. The summed E-state index contributed by atoms with van der Waals surface area (Å²) in [5.74, 6) is 0.227. The third-order valence-corrected chi connectivity index (χ3v) is 5.49. The smallest absolute Gasteiger partial charge is 0.236 e. The highest BCUT2D eigenvalue weighted by Gasteiger charge is 2.39. The molecule has 0 spiro atoms. The number of thioether (sulfide) groups is 1. The van der Waals surface area contributed by atoms with Crippen LogP contribution in [-0.4, -0.2) is 36.3 Å². The van der Waals surface area contributed by atoms with Crippen molar-refractivity contribution in [1.82, 2.24) is 4.90 Å². The van der Waals surface area contributed by atoms with Gasteiger partial charge in [-0.3, -0.25) is 4.79 Å². The molecule has 0 N–H and O–H groups in total. The Morgan fingerprint density at radius 2 is 2.29 bits per heavy atom. The van der Waals surface area contributed by atoms with Gasteiger partial charge in [0.1, 0.15) is 5.37 Å². The lowest BCUT2D eigenvalue weighted by molar-refractivity contribution is -0.130. The molecule has 0 aliphatic carbocycles. The number of hydrogen-bond donors (Lipinski definition) is 0. The molecule has 0 saturated carbocycles. The van der Waals surface area contributed by atoms with Crippen LogP contribution in [0.25, 0.3) is 0 Å². The Labute approximate surface area is 110 Å². The third-order valence-electron chi connectivity index (χ3n) is 2.91. The molecule has 94 valence electrons. The average molecular weight is 271 g/mol. The number of carbonyl (C=O) groups excluding carboxylic acids is 1. The zero-order valence-electron chi connectivity index (χ0n) is 10.3. The second kappa shape index (κ2) is 5.42. The SMILES string of the molecule is COCCN1C(=O)C(C)SC1c1sccc1C. The summed E-state index contributed by atoms with van der Waals surface area (Å²) in [4.78, 5) is 15.3. The summed E-state index contributed by atoms with van der Waals surface area (Å²) in [6.45, 7) is 5.36. The lowest BCUT2D eigenvalue weighted by Crippen LogP contribution is -2.33. The molecule has 2 rings (SSSR count). The third kappa shape index (κ3) is 2.51. The monoisotopic (exact) mass is 271 g/mol. The summed E-state index contributed by atoms with van der Waals surface area (Å²) in [6.07, 6.45) is 0. The summed E-state index contributed by atoms with van der Waals surface area (Å²) >= 11 is 3.47. The molecule has 5 heteroatoms. The first-order valence-corrected chi connectivity index (χ1v) is 7.46. The zero-order chi connectivity index (χ0) is 12.4. The molecule has 17 heavy (non-hydrogen) atoms. The minimum Gasteiger partial charge on any atom is -0.383 e. The Bertz CT molecular complexity index is 405. The highest BCUT2D eigenvalue weighted by Crippen LogP contribution is 2.45. The highest BCUT2D eigenvalue weighted by molar-refractivity contribution is 8.01. The van der Waals surface area contributed by atoms with Crippen molar-refractivity contribution in [2.75, 3.05) is 20.3 Å². The van der Waals surface area contributed by atoms with Gasteiger partial charge in [-0.15, -0.1) is 23.1 Å². The van der Waals surface area contributed by atoms with Crippen LogP contribution in [0.3, 0.4) is 0 Å².